The van der Waals surface area contributed by atoms with E-state index in [1.165, 1.54) is 0 Å². The summed E-state index contributed by atoms with van der Waals surface area (Å²) in [7, 11) is 0. The molecule has 0 bridgehead atoms. The molecule has 9 heavy (non-hydrogen) atoms. The molecule has 0 atom stereocenters. The lowest BCUT2D eigenvalue weighted by molar-refractivity contribution is -0.121. The van der Waals surface area contributed by atoms with Crippen molar-refractivity contribution in [2.24, 2.45) is 5.73 Å². The SMILES string of the molecule is CC1(N)CCC(=O)CC1. The highest BCUT2D eigenvalue weighted by Crippen LogP contribution is 2.22. The van der Waals surface area contributed by atoms with E-state index in [2.05, 4.69) is 0 Å². The first-order valence-corrected chi connectivity index (χ1v) is 3.41. The number of hydrogen-bond donors (Lipinski definition) is 1. The highest BCUT2D eigenvalue weighted by atomic mass is 16.1. The average molecular weight is 127 g/mol. The van der Waals surface area contributed by atoms with Crippen LogP contribution in [0.5, 0.6) is 0 Å². The summed E-state index contributed by atoms with van der Waals surface area (Å²) >= 11 is 0. The number of carbonyl (C=O) groups is 1. The Hall–Kier alpha value is -0.370. The summed E-state index contributed by atoms with van der Waals surface area (Å²) in [6.45, 7) is 2.01. The molecule has 0 aliphatic heterocycles. The number of Topliss-reactive ketones (excluding diaryl/α,β-unsaturated/α-hetero) is 1. The fraction of sp³-hybridized carbons (Fsp3) is 0.857. The highest BCUT2D eigenvalue weighted by molar-refractivity contribution is 5.79. The van der Waals surface area contributed by atoms with Crippen LogP contribution in [0.3, 0.4) is 0 Å². The molecule has 1 saturated carbocycles. The molecule has 1 aliphatic carbocycles. The Kier molecular flexibility index (Phi) is 1.58. The summed E-state index contributed by atoms with van der Waals surface area (Å²) in [6.07, 6.45) is 3.11. The van der Waals surface area contributed by atoms with Gasteiger partial charge in [0.25, 0.3) is 0 Å². The molecule has 2 nitrogen and oxygen atoms in total. The normalized spacial score (nSPS) is 26.2. The second-order valence-electron chi connectivity index (χ2n) is 3.19. The molecule has 0 aromatic carbocycles. The fourth-order valence-electron chi connectivity index (χ4n) is 1.10. The van der Waals surface area contributed by atoms with Crippen molar-refractivity contribution in [3.63, 3.8) is 0 Å². The highest BCUT2D eigenvalue weighted by Gasteiger charge is 2.25. The summed E-state index contributed by atoms with van der Waals surface area (Å²) in [5.74, 6) is 0.373. The minimum absolute atomic E-state index is 0.0616. The van der Waals surface area contributed by atoms with Gasteiger partial charge in [0, 0.05) is 18.4 Å². The van der Waals surface area contributed by atoms with Gasteiger partial charge in [-0.3, -0.25) is 4.79 Å². The van der Waals surface area contributed by atoms with Crippen molar-refractivity contribution in [2.75, 3.05) is 0 Å². The number of carbonyl (C=O) groups excluding carboxylic acids is 1. The van der Waals surface area contributed by atoms with Crippen LogP contribution in [0.4, 0.5) is 0 Å². The Bertz CT molecular complexity index is 117. The van der Waals surface area contributed by atoms with Crippen molar-refractivity contribution in [3.8, 4) is 0 Å². The van der Waals surface area contributed by atoms with Gasteiger partial charge >= 0.3 is 0 Å². The second kappa shape index (κ2) is 2.10. The fourth-order valence-corrected chi connectivity index (χ4v) is 1.10. The lowest BCUT2D eigenvalue weighted by Crippen LogP contribution is -2.39. The Morgan fingerprint density at radius 3 is 2.22 bits per heavy atom. The molecule has 0 aromatic rings. The zero-order valence-electron chi connectivity index (χ0n) is 5.81. The van der Waals surface area contributed by atoms with Crippen molar-refractivity contribution in [1.29, 1.82) is 0 Å². The maximum atomic E-state index is 10.7. The number of nitrogens with two attached hydrogens (primary N) is 1. The number of ketones is 1. The molecule has 1 aliphatic rings. The van der Waals surface area contributed by atoms with E-state index >= 15 is 0 Å². The molecule has 0 unspecified atom stereocenters. The standard InChI is InChI=1S/C7H13NO/c1-7(8)4-2-6(9)3-5-7/h2-5,8H2,1H3. The Balaban J connectivity index is 2.44. The molecule has 2 heteroatoms. The zero-order chi connectivity index (χ0) is 6.91. The summed E-state index contributed by atoms with van der Waals surface area (Å²) in [6, 6.07) is 0. The quantitative estimate of drug-likeness (QED) is 0.524. The maximum absolute atomic E-state index is 10.7. The van der Waals surface area contributed by atoms with Crippen LogP contribution in [0, 0.1) is 0 Å². The van der Waals surface area contributed by atoms with Crippen molar-refractivity contribution in [3.05, 3.63) is 0 Å². The topological polar surface area (TPSA) is 43.1 Å². The van der Waals surface area contributed by atoms with Crippen molar-refractivity contribution < 1.29 is 4.79 Å². The van der Waals surface area contributed by atoms with E-state index in [1.54, 1.807) is 0 Å². The smallest absolute Gasteiger partial charge is 0.133 e. The van der Waals surface area contributed by atoms with Gasteiger partial charge in [-0.05, 0) is 19.8 Å². The Labute approximate surface area is 55.4 Å². The van der Waals surface area contributed by atoms with E-state index < -0.39 is 0 Å². The molecule has 1 rings (SSSR count). The minimum atomic E-state index is -0.0616. The first-order valence-electron chi connectivity index (χ1n) is 3.41. The van der Waals surface area contributed by atoms with Gasteiger partial charge in [0.05, 0.1) is 0 Å². The molecule has 0 radical (unpaired) electrons. The van der Waals surface area contributed by atoms with Crippen LogP contribution in [-0.2, 0) is 4.79 Å². The van der Waals surface area contributed by atoms with Crippen LogP contribution in [0.1, 0.15) is 32.6 Å². The van der Waals surface area contributed by atoms with Gasteiger partial charge in [0.2, 0.25) is 0 Å². The molecule has 0 saturated heterocycles. The molecular weight excluding hydrogens is 114 g/mol. The number of rotatable bonds is 0. The van der Waals surface area contributed by atoms with Crippen molar-refractivity contribution in [2.45, 2.75) is 38.1 Å². The molecular formula is C7H13NO. The molecule has 0 spiro atoms. The molecule has 0 aromatic heterocycles. The summed E-state index contributed by atoms with van der Waals surface area (Å²) in [5, 5.41) is 0. The van der Waals surface area contributed by atoms with Crippen molar-refractivity contribution in [1.82, 2.24) is 0 Å². The first-order chi connectivity index (χ1) is 4.10. The summed E-state index contributed by atoms with van der Waals surface area (Å²) < 4.78 is 0. The van der Waals surface area contributed by atoms with Gasteiger partial charge < -0.3 is 5.73 Å². The predicted octanol–water partition coefficient (Wildman–Crippen LogP) is 0.847. The maximum Gasteiger partial charge on any atom is 0.133 e. The third-order valence-electron chi connectivity index (χ3n) is 1.95. The van der Waals surface area contributed by atoms with E-state index in [9.17, 15) is 4.79 Å². The van der Waals surface area contributed by atoms with E-state index in [0.29, 0.717) is 18.6 Å². The monoisotopic (exact) mass is 127 g/mol. The van der Waals surface area contributed by atoms with E-state index in [-0.39, 0.29) is 5.54 Å². The van der Waals surface area contributed by atoms with Crippen molar-refractivity contribution >= 4 is 5.78 Å². The Morgan fingerprint density at radius 2 is 1.89 bits per heavy atom. The lowest BCUT2D eigenvalue weighted by Gasteiger charge is -2.27. The first kappa shape index (κ1) is 6.75. The molecule has 0 amide bonds. The average Bonchev–Trinajstić information content (AvgIpc) is 1.78. The van der Waals surface area contributed by atoms with Crippen LogP contribution < -0.4 is 5.73 Å². The van der Waals surface area contributed by atoms with Crippen LogP contribution >= 0.6 is 0 Å². The van der Waals surface area contributed by atoms with E-state index in [0.717, 1.165) is 12.8 Å². The van der Waals surface area contributed by atoms with Crippen LogP contribution in [0.15, 0.2) is 0 Å². The van der Waals surface area contributed by atoms with Gasteiger partial charge in [-0.1, -0.05) is 0 Å². The largest absolute Gasteiger partial charge is 0.325 e. The van der Waals surface area contributed by atoms with Crippen LogP contribution in [-0.4, -0.2) is 11.3 Å². The van der Waals surface area contributed by atoms with E-state index in [1.807, 2.05) is 6.92 Å². The number of hydrogen-bond acceptors (Lipinski definition) is 2. The summed E-state index contributed by atoms with van der Waals surface area (Å²) in [5.41, 5.74) is 5.73. The molecule has 1 fully saturated rings. The van der Waals surface area contributed by atoms with Crippen LogP contribution in [0.2, 0.25) is 0 Å². The second-order valence-corrected chi connectivity index (χ2v) is 3.19. The molecule has 52 valence electrons. The zero-order valence-corrected chi connectivity index (χ0v) is 5.81. The summed E-state index contributed by atoms with van der Waals surface area (Å²) in [4.78, 5) is 10.7. The van der Waals surface area contributed by atoms with Gasteiger partial charge in [-0.15, -0.1) is 0 Å². The van der Waals surface area contributed by atoms with Gasteiger partial charge in [-0.2, -0.15) is 0 Å². The van der Waals surface area contributed by atoms with E-state index in [4.69, 9.17) is 5.73 Å². The Morgan fingerprint density at radius 1 is 1.44 bits per heavy atom. The van der Waals surface area contributed by atoms with Gasteiger partial charge in [0.15, 0.2) is 0 Å². The molecule has 0 heterocycles. The predicted molar refractivity (Wildman–Crippen MR) is 36.1 cm³/mol. The third-order valence-corrected chi connectivity index (χ3v) is 1.95. The van der Waals surface area contributed by atoms with Gasteiger partial charge in [0.1, 0.15) is 5.78 Å². The lowest BCUT2D eigenvalue weighted by atomic mass is 9.84. The third kappa shape index (κ3) is 1.79. The molecule has 2 N–H and O–H groups in total. The van der Waals surface area contributed by atoms with Gasteiger partial charge in [-0.25, -0.2) is 0 Å². The minimum Gasteiger partial charge on any atom is -0.325 e. The van der Waals surface area contributed by atoms with Crippen LogP contribution in [0.25, 0.3) is 0 Å².